The van der Waals surface area contributed by atoms with Crippen molar-refractivity contribution in [1.82, 2.24) is 21.3 Å². The van der Waals surface area contributed by atoms with Gasteiger partial charge < -0.3 is 41.8 Å². The molecule has 0 heterocycles. The van der Waals surface area contributed by atoms with E-state index in [1.807, 2.05) is 0 Å². The first-order chi connectivity index (χ1) is 17.7. The van der Waals surface area contributed by atoms with Crippen molar-refractivity contribution >= 4 is 35.7 Å². The van der Waals surface area contributed by atoms with Crippen LogP contribution in [0.3, 0.4) is 0 Å². The Balaban J connectivity index is 2.93. The average molecular weight is 537 g/mol. The number of carbonyl (C=O) groups excluding carboxylic acids is 5. The van der Waals surface area contributed by atoms with Gasteiger partial charge in [0, 0.05) is 19.3 Å². The number of carbonyl (C=O) groups is 5. The zero-order valence-corrected chi connectivity index (χ0v) is 22.8. The van der Waals surface area contributed by atoms with E-state index in [4.69, 9.17) is 15.2 Å². The Morgan fingerprint density at radius 3 is 2.11 bits per heavy atom. The first-order valence-electron chi connectivity index (χ1n) is 12.3. The van der Waals surface area contributed by atoms with Gasteiger partial charge in [-0.1, -0.05) is 26.0 Å². The third-order valence-electron chi connectivity index (χ3n) is 5.02. The van der Waals surface area contributed by atoms with E-state index in [1.165, 1.54) is 7.05 Å². The lowest BCUT2D eigenvalue weighted by Crippen LogP contribution is -2.55. The van der Waals surface area contributed by atoms with Crippen molar-refractivity contribution in [3.8, 4) is 0 Å². The molecular formula is C25H40N6O7. The van der Waals surface area contributed by atoms with Crippen molar-refractivity contribution in [3.63, 3.8) is 0 Å². The SMILES string of the molecule is CNC(=O)OCc1ccc(NC(=O)C(CCCNC(N)=O)NC(=O)C(NC(=O)OC(C)(C)C)C(C)C)cc1. The minimum Gasteiger partial charge on any atom is -0.445 e. The fourth-order valence-corrected chi connectivity index (χ4v) is 3.15. The molecule has 6 amide bonds. The highest BCUT2D eigenvalue weighted by atomic mass is 16.6. The van der Waals surface area contributed by atoms with Crippen LogP contribution in [0, 0.1) is 5.92 Å². The van der Waals surface area contributed by atoms with Gasteiger partial charge in [0.1, 0.15) is 24.3 Å². The van der Waals surface area contributed by atoms with E-state index < -0.39 is 47.7 Å². The van der Waals surface area contributed by atoms with Gasteiger partial charge in [0.15, 0.2) is 0 Å². The van der Waals surface area contributed by atoms with Crippen molar-refractivity contribution in [2.45, 2.75) is 71.8 Å². The standard InChI is InChI=1S/C25H40N6O7/c1-15(2)19(31-24(36)38-25(3,4)5)21(33)30-18(8-7-13-28-22(26)34)20(32)29-17-11-9-16(10-12-17)14-37-23(35)27-6/h9-12,15,18-19H,7-8,13-14H2,1-6H3,(H,27,35)(H,29,32)(H,30,33)(H,31,36)(H3,26,28,34). The fourth-order valence-electron chi connectivity index (χ4n) is 3.15. The van der Waals surface area contributed by atoms with Crippen LogP contribution in [0.1, 0.15) is 53.0 Å². The number of primary amides is 1. The average Bonchev–Trinajstić information content (AvgIpc) is 2.82. The largest absolute Gasteiger partial charge is 0.445 e. The second-order valence-corrected chi connectivity index (χ2v) is 9.87. The van der Waals surface area contributed by atoms with Gasteiger partial charge in [0.2, 0.25) is 11.8 Å². The van der Waals surface area contributed by atoms with Gasteiger partial charge >= 0.3 is 18.2 Å². The van der Waals surface area contributed by atoms with Crippen LogP contribution in [0.4, 0.5) is 20.1 Å². The monoisotopic (exact) mass is 536 g/mol. The van der Waals surface area contributed by atoms with Gasteiger partial charge in [-0.2, -0.15) is 0 Å². The lowest BCUT2D eigenvalue weighted by Gasteiger charge is -2.27. The first kappa shape index (κ1) is 32.0. The predicted molar refractivity (Wildman–Crippen MR) is 141 cm³/mol. The minimum absolute atomic E-state index is 0.0562. The molecule has 2 atom stereocenters. The molecule has 13 nitrogen and oxygen atoms in total. The summed E-state index contributed by atoms with van der Waals surface area (Å²) >= 11 is 0. The van der Waals surface area contributed by atoms with E-state index in [1.54, 1.807) is 58.9 Å². The Labute approximate surface area is 222 Å². The van der Waals surface area contributed by atoms with Crippen LogP contribution in [-0.2, 0) is 25.7 Å². The second-order valence-electron chi connectivity index (χ2n) is 9.87. The quantitative estimate of drug-likeness (QED) is 0.220. The Kier molecular flexibility index (Phi) is 12.9. The van der Waals surface area contributed by atoms with Crippen LogP contribution in [0.25, 0.3) is 0 Å². The van der Waals surface area contributed by atoms with Crippen LogP contribution < -0.4 is 32.3 Å². The summed E-state index contributed by atoms with van der Waals surface area (Å²) in [4.78, 5) is 60.6. The summed E-state index contributed by atoms with van der Waals surface area (Å²) in [5, 5.41) is 12.8. The topological polar surface area (TPSA) is 190 Å². The third kappa shape index (κ3) is 12.8. The van der Waals surface area contributed by atoms with Gasteiger partial charge in [0.05, 0.1) is 0 Å². The van der Waals surface area contributed by atoms with Crippen molar-refractivity contribution in [2.75, 3.05) is 18.9 Å². The molecule has 0 fully saturated rings. The number of hydrogen-bond donors (Lipinski definition) is 6. The van der Waals surface area contributed by atoms with Crippen molar-refractivity contribution < 1.29 is 33.4 Å². The molecule has 1 aromatic rings. The van der Waals surface area contributed by atoms with Crippen LogP contribution >= 0.6 is 0 Å². The van der Waals surface area contributed by atoms with Gasteiger partial charge in [0.25, 0.3) is 0 Å². The zero-order valence-electron chi connectivity index (χ0n) is 22.8. The molecule has 0 saturated carbocycles. The van der Waals surface area contributed by atoms with Crippen LogP contribution in [-0.4, -0.2) is 61.3 Å². The summed E-state index contributed by atoms with van der Waals surface area (Å²) in [5.74, 6) is -1.35. The lowest BCUT2D eigenvalue weighted by molar-refractivity contribution is -0.128. The first-order valence-corrected chi connectivity index (χ1v) is 12.3. The maximum absolute atomic E-state index is 13.1. The molecule has 0 radical (unpaired) electrons. The van der Waals surface area contributed by atoms with E-state index in [0.717, 1.165) is 0 Å². The van der Waals surface area contributed by atoms with Crippen molar-refractivity contribution in [2.24, 2.45) is 11.7 Å². The molecule has 0 aliphatic heterocycles. The number of urea groups is 1. The summed E-state index contributed by atoms with van der Waals surface area (Å²) in [6, 6.07) is 4.00. The highest BCUT2D eigenvalue weighted by molar-refractivity contribution is 5.98. The maximum atomic E-state index is 13.1. The molecule has 38 heavy (non-hydrogen) atoms. The summed E-state index contributed by atoms with van der Waals surface area (Å²) in [7, 11) is 1.46. The van der Waals surface area contributed by atoms with Gasteiger partial charge in [-0.15, -0.1) is 0 Å². The Morgan fingerprint density at radius 1 is 0.947 bits per heavy atom. The molecule has 7 N–H and O–H groups in total. The highest BCUT2D eigenvalue weighted by Crippen LogP contribution is 2.13. The van der Waals surface area contributed by atoms with E-state index in [2.05, 4.69) is 26.6 Å². The molecular weight excluding hydrogens is 496 g/mol. The predicted octanol–water partition coefficient (Wildman–Crippen LogP) is 1.96. The summed E-state index contributed by atoms with van der Waals surface area (Å²) < 4.78 is 10.2. The zero-order chi connectivity index (χ0) is 28.9. The van der Waals surface area contributed by atoms with Crippen molar-refractivity contribution in [3.05, 3.63) is 29.8 Å². The summed E-state index contributed by atoms with van der Waals surface area (Å²) in [6.45, 7) is 8.89. The number of anilines is 1. The minimum atomic E-state index is -0.977. The van der Waals surface area contributed by atoms with E-state index in [9.17, 15) is 24.0 Å². The molecule has 0 aliphatic rings. The number of alkyl carbamates (subject to hydrolysis) is 2. The highest BCUT2D eigenvalue weighted by Gasteiger charge is 2.30. The molecule has 13 heteroatoms. The van der Waals surface area contributed by atoms with E-state index in [-0.39, 0.29) is 25.5 Å². The number of hydrogen-bond acceptors (Lipinski definition) is 7. The maximum Gasteiger partial charge on any atom is 0.408 e. The second kappa shape index (κ2) is 15.3. The number of ether oxygens (including phenoxy) is 2. The third-order valence-corrected chi connectivity index (χ3v) is 5.02. The molecule has 1 aromatic carbocycles. The molecule has 1 rings (SSSR count). The summed E-state index contributed by atoms with van der Waals surface area (Å²) in [6.07, 6.45) is -0.776. The number of nitrogens with one attached hydrogen (secondary N) is 5. The smallest absolute Gasteiger partial charge is 0.408 e. The summed E-state index contributed by atoms with van der Waals surface area (Å²) in [5.41, 5.74) is 5.51. The molecule has 2 unspecified atom stereocenters. The number of benzene rings is 1. The number of rotatable bonds is 12. The van der Waals surface area contributed by atoms with Crippen LogP contribution in [0.15, 0.2) is 24.3 Å². The Morgan fingerprint density at radius 2 is 1.58 bits per heavy atom. The van der Waals surface area contributed by atoms with Gasteiger partial charge in [-0.3, -0.25) is 9.59 Å². The molecule has 0 spiro atoms. The Bertz CT molecular complexity index is 960. The number of nitrogens with two attached hydrogens (primary N) is 1. The van der Waals surface area contributed by atoms with Gasteiger partial charge in [-0.05, 0) is 57.2 Å². The Hall–Kier alpha value is -4.03. The van der Waals surface area contributed by atoms with Crippen LogP contribution in [0.5, 0.6) is 0 Å². The normalized spacial score (nSPS) is 12.5. The number of amides is 6. The molecule has 0 bridgehead atoms. The van der Waals surface area contributed by atoms with Crippen molar-refractivity contribution in [1.29, 1.82) is 0 Å². The van der Waals surface area contributed by atoms with Gasteiger partial charge in [-0.25, -0.2) is 14.4 Å². The molecule has 212 valence electrons. The molecule has 0 aliphatic carbocycles. The fraction of sp³-hybridized carbons (Fsp3) is 0.560. The van der Waals surface area contributed by atoms with E-state index in [0.29, 0.717) is 17.7 Å². The van der Waals surface area contributed by atoms with E-state index >= 15 is 0 Å². The molecule has 0 saturated heterocycles. The van der Waals surface area contributed by atoms with Crippen LogP contribution in [0.2, 0.25) is 0 Å². The molecule has 0 aromatic heterocycles. The lowest BCUT2D eigenvalue weighted by atomic mass is 10.0.